The Bertz CT molecular complexity index is 396. The second-order valence-electron chi connectivity index (χ2n) is 5.50. The molecular formula is C16H25N2O+. The van der Waals surface area contributed by atoms with Crippen molar-refractivity contribution in [1.29, 1.82) is 0 Å². The van der Waals surface area contributed by atoms with Gasteiger partial charge in [-0.3, -0.25) is 4.79 Å². The molecule has 1 aliphatic heterocycles. The van der Waals surface area contributed by atoms with Crippen molar-refractivity contribution in [2.24, 2.45) is 0 Å². The van der Waals surface area contributed by atoms with E-state index < -0.39 is 0 Å². The van der Waals surface area contributed by atoms with Crippen LogP contribution in [0.3, 0.4) is 0 Å². The highest BCUT2D eigenvalue weighted by Gasteiger charge is 2.23. The lowest BCUT2D eigenvalue weighted by atomic mass is 9.97. The van der Waals surface area contributed by atoms with Crippen molar-refractivity contribution >= 4 is 5.91 Å². The van der Waals surface area contributed by atoms with Crippen LogP contribution in [0.1, 0.15) is 31.7 Å². The highest BCUT2D eigenvalue weighted by atomic mass is 16.2. The van der Waals surface area contributed by atoms with E-state index in [0.717, 1.165) is 26.2 Å². The van der Waals surface area contributed by atoms with Crippen LogP contribution >= 0.6 is 0 Å². The lowest BCUT2D eigenvalue weighted by molar-refractivity contribution is -0.902. The Morgan fingerprint density at radius 1 is 1.26 bits per heavy atom. The fourth-order valence-corrected chi connectivity index (χ4v) is 2.72. The number of hydrogen-bond acceptors (Lipinski definition) is 1. The Labute approximate surface area is 116 Å². The molecular weight excluding hydrogens is 236 g/mol. The maximum atomic E-state index is 12.3. The minimum absolute atomic E-state index is 0.310. The van der Waals surface area contributed by atoms with Gasteiger partial charge in [0.05, 0.1) is 32.7 Å². The number of rotatable bonds is 4. The maximum Gasteiger partial charge on any atom is 0.223 e. The minimum atomic E-state index is 0.310. The third kappa shape index (κ3) is 3.80. The van der Waals surface area contributed by atoms with Crippen molar-refractivity contribution in [2.45, 2.75) is 26.2 Å². The van der Waals surface area contributed by atoms with Crippen LogP contribution in [-0.2, 0) is 4.79 Å². The van der Waals surface area contributed by atoms with Gasteiger partial charge in [0, 0.05) is 6.42 Å². The van der Waals surface area contributed by atoms with E-state index in [9.17, 15) is 4.79 Å². The highest BCUT2D eigenvalue weighted by Crippen LogP contribution is 2.19. The van der Waals surface area contributed by atoms with Gasteiger partial charge in [0.25, 0.3) is 0 Å². The summed E-state index contributed by atoms with van der Waals surface area (Å²) in [6, 6.07) is 10.3. The van der Waals surface area contributed by atoms with Gasteiger partial charge in [0.1, 0.15) is 0 Å². The standard InChI is InChI=1S/C16H24N2O/c1-3-17-9-11-18(12-10-17)16(19)13-14(2)15-7-5-4-6-8-15/h4-8,14H,3,9-13H2,1-2H3/p+1/t14-/m0/s1. The van der Waals surface area contributed by atoms with Gasteiger partial charge in [-0.15, -0.1) is 0 Å². The van der Waals surface area contributed by atoms with Gasteiger partial charge in [0.2, 0.25) is 5.91 Å². The average Bonchev–Trinajstić information content (AvgIpc) is 2.48. The summed E-state index contributed by atoms with van der Waals surface area (Å²) in [5.41, 5.74) is 1.26. The highest BCUT2D eigenvalue weighted by molar-refractivity contribution is 5.77. The number of nitrogens with zero attached hydrogens (tertiary/aromatic N) is 1. The van der Waals surface area contributed by atoms with E-state index in [0.29, 0.717) is 18.2 Å². The molecule has 3 heteroatoms. The van der Waals surface area contributed by atoms with Crippen LogP contribution in [0.5, 0.6) is 0 Å². The normalized spacial score (nSPS) is 18.3. The first kappa shape index (κ1) is 14.1. The third-order valence-corrected chi connectivity index (χ3v) is 4.17. The Kier molecular flexibility index (Phi) is 4.97. The zero-order chi connectivity index (χ0) is 13.7. The largest absolute Gasteiger partial charge is 0.332 e. The minimum Gasteiger partial charge on any atom is -0.332 e. The van der Waals surface area contributed by atoms with E-state index in [1.165, 1.54) is 12.1 Å². The average molecular weight is 261 g/mol. The number of quaternary nitrogens is 1. The predicted molar refractivity (Wildman–Crippen MR) is 77.3 cm³/mol. The number of carbonyl (C=O) groups excluding carboxylic acids is 1. The SMILES string of the molecule is CC[NH+]1CCN(C(=O)C[C@H](C)c2ccccc2)CC1. The number of hydrogen-bond donors (Lipinski definition) is 1. The van der Waals surface area contributed by atoms with E-state index in [-0.39, 0.29) is 0 Å². The van der Waals surface area contributed by atoms with Crippen LogP contribution in [0.2, 0.25) is 0 Å². The quantitative estimate of drug-likeness (QED) is 0.857. The monoisotopic (exact) mass is 261 g/mol. The summed E-state index contributed by atoms with van der Waals surface area (Å²) in [4.78, 5) is 15.9. The van der Waals surface area contributed by atoms with Gasteiger partial charge in [0.15, 0.2) is 0 Å². The molecule has 0 bridgehead atoms. The van der Waals surface area contributed by atoms with E-state index in [2.05, 4.69) is 26.0 Å². The number of likely N-dealkylation sites (N-methyl/N-ethyl adjacent to an activating group) is 1. The Hall–Kier alpha value is -1.35. The van der Waals surface area contributed by atoms with Crippen LogP contribution in [0, 0.1) is 0 Å². The number of nitrogens with one attached hydrogen (secondary N) is 1. The molecule has 1 aromatic carbocycles. The van der Waals surface area contributed by atoms with Crippen LogP contribution in [-0.4, -0.2) is 43.5 Å². The molecule has 1 aliphatic rings. The van der Waals surface area contributed by atoms with Crippen molar-refractivity contribution in [1.82, 2.24) is 4.90 Å². The smallest absolute Gasteiger partial charge is 0.223 e. The lowest BCUT2D eigenvalue weighted by Gasteiger charge is -2.32. The molecule has 0 radical (unpaired) electrons. The number of amides is 1. The Morgan fingerprint density at radius 2 is 1.89 bits per heavy atom. The summed E-state index contributed by atoms with van der Waals surface area (Å²) < 4.78 is 0. The van der Waals surface area contributed by atoms with Gasteiger partial charge in [-0.2, -0.15) is 0 Å². The van der Waals surface area contributed by atoms with Crippen molar-refractivity contribution in [2.75, 3.05) is 32.7 Å². The van der Waals surface area contributed by atoms with Gasteiger partial charge in [-0.1, -0.05) is 37.3 Å². The molecule has 1 atom stereocenters. The molecule has 0 spiro atoms. The zero-order valence-corrected chi connectivity index (χ0v) is 12.1. The molecule has 0 unspecified atom stereocenters. The Balaban J connectivity index is 1.84. The summed E-state index contributed by atoms with van der Waals surface area (Å²) in [7, 11) is 0. The molecule has 2 rings (SSSR count). The second kappa shape index (κ2) is 6.71. The van der Waals surface area contributed by atoms with E-state index >= 15 is 0 Å². The molecule has 0 saturated carbocycles. The van der Waals surface area contributed by atoms with Crippen LogP contribution in [0.25, 0.3) is 0 Å². The molecule has 1 amide bonds. The summed E-state index contributed by atoms with van der Waals surface area (Å²) in [5.74, 6) is 0.622. The van der Waals surface area contributed by atoms with Crippen molar-refractivity contribution in [3.63, 3.8) is 0 Å². The topological polar surface area (TPSA) is 24.8 Å². The van der Waals surface area contributed by atoms with Crippen LogP contribution < -0.4 is 4.90 Å². The first-order chi connectivity index (χ1) is 9.20. The number of benzene rings is 1. The molecule has 19 heavy (non-hydrogen) atoms. The summed E-state index contributed by atoms with van der Waals surface area (Å²) in [5, 5.41) is 0. The first-order valence-electron chi connectivity index (χ1n) is 7.37. The third-order valence-electron chi connectivity index (χ3n) is 4.17. The molecule has 1 N–H and O–H groups in total. The second-order valence-corrected chi connectivity index (χ2v) is 5.50. The van der Waals surface area contributed by atoms with Crippen LogP contribution in [0.15, 0.2) is 30.3 Å². The molecule has 0 aliphatic carbocycles. The van der Waals surface area contributed by atoms with Gasteiger partial charge < -0.3 is 9.80 Å². The summed E-state index contributed by atoms with van der Waals surface area (Å²) >= 11 is 0. The van der Waals surface area contributed by atoms with Crippen LogP contribution in [0.4, 0.5) is 0 Å². The van der Waals surface area contributed by atoms with E-state index in [1.54, 1.807) is 4.90 Å². The Morgan fingerprint density at radius 3 is 2.47 bits per heavy atom. The molecule has 3 nitrogen and oxygen atoms in total. The number of piperazine rings is 1. The van der Waals surface area contributed by atoms with Gasteiger partial charge >= 0.3 is 0 Å². The predicted octanol–water partition coefficient (Wildman–Crippen LogP) is 0.927. The maximum absolute atomic E-state index is 12.3. The first-order valence-corrected chi connectivity index (χ1v) is 7.37. The summed E-state index contributed by atoms with van der Waals surface area (Å²) in [6.07, 6.45) is 0.630. The fraction of sp³-hybridized carbons (Fsp3) is 0.562. The van der Waals surface area contributed by atoms with E-state index in [1.807, 2.05) is 23.1 Å². The summed E-state index contributed by atoms with van der Waals surface area (Å²) in [6.45, 7) is 9.56. The lowest BCUT2D eigenvalue weighted by Crippen LogP contribution is -3.14. The van der Waals surface area contributed by atoms with Crippen molar-refractivity contribution < 1.29 is 9.69 Å². The number of carbonyl (C=O) groups is 1. The molecule has 1 saturated heterocycles. The fourth-order valence-electron chi connectivity index (χ4n) is 2.72. The van der Waals surface area contributed by atoms with E-state index in [4.69, 9.17) is 0 Å². The molecule has 0 aromatic heterocycles. The molecule has 1 heterocycles. The van der Waals surface area contributed by atoms with Crippen molar-refractivity contribution in [3.8, 4) is 0 Å². The van der Waals surface area contributed by atoms with Gasteiger partial charge in [-0.25, -0.2) is 0 Å². The van der Waals surface area contributed by atoms with Gasteiger partial charge in [-0.05, 0) is 18.4 Å². The molecule has 104 valence electrons. The van der Waals surface area contributed by atoms with Crippen molar-refractivity contribution in [3.05, 3.63) is 35.9 Å². The molecule has 1 fully saturated rings. The molecule has 1 aromatic rings. The zero-order valence-electron chi connectivity index (χ0n) is 12.1.